The molecule has 3 aliphatic carbocycles. The summed E-state index contributed by atoms with van der Waals surface area (Å²) in [5, 5.41) is 22.7. The first-order valence-electron chi connectivity index (χ1n) is 16.2. The van der Waals surface area contributed by atoms with E-state index in [0.29, 0.717) is 12.0 Å². The number of hydrazine groups is 1. The molecule has 2 aliphatic heterocycles. The van der Waals surface area contributed by atoms with Crippen LogP contribution in [0.15, 0.2) is 119 Å². The first-order chi connectivity index (χ1) is 23.1. The molecule has 6 nitrogen and oxygen atoms in total. The molecule has 3 heterocycles. The van der Waals surface area contributed by atoms with E-state index in [1.165, 1.54) is 22.4 Å². The molecular weight excluding hydrogens is 578 g/mol. The van der Waals surface area contributed by atoms with Crippen molar-refractivity contribution >= 4 is 45.3 Å². The molecule has 47 heavy (non-hydrogen) atoms. The van der Waals surface area contributed by atoms with Gasteiger partial charge in [0.1, 0.15) is 11.3 Å². The molecule has 3 aromatic carbocycles. The second kappa shape index (κ2) is 10.5. The standard InChI is InChI=1S/C41H31N5O/c1-25-18-26(23-42)10-14-36-41(25)35-19-27(24-43)11-15-38(35)46(44-36)31-13-17-40-34(22-31)33-21-30(12-16-39(33)47-40)45-29-7-3-2-6-28(20-29)32-8-4-5-9-37(32)45/h2-9,11-13,15-20,22,25,29-30,44H,10,14,21H2,1H3/t25-,29?,30?/m0/s1. The van der Waals surface area contributed by atoms with Crippen molar-refractivity contribution in [3.8, 4) is 12.1 Å². The number of anilines is 3. The van der Waals surface area contributed by atoms with Gasteiger partial charge in [-0.1, -0.05) is 67.7 Å². The van der Waals surface area contributed by atoms with E-state index in [1.807, 2.05) is 18.2 Å². The lowest BCUT2D eigenvalue weighted by molar-refractivity contribution is 0.582. The highest BCUT2D eigenvalue weighted by Gasteiger charge is 2.34. The highest BCUT2D eigenvalue weighted by molar-refractivity contribution is 5.93. The number of hydrogen-bond acceptors (Lipinski definition) is 6. The van der Waals surface area contributed by atoms with E-state index in [4.69, 9.17) is 4.42 Å². The minimum Gasteiger partial charge on any atom is -0.456 e. The SMILES string of the molecule is C[C@H]1C=C(C#N)CCC2=C1c1cc(C#N)ccc1N(c1ccc3oc4c(c3c1)CC(N1c3ccccc3C3=CC1C=CC=C3)C=C4)N2. The number of rotatable bonds is 2. The summed E-state index contributed by atoms with van der Waals surface area (Å²) in [7, 11) is 0. The number of furan rings is 1. The van der Waals surface area contributed by atoms with Gasteiger partial charge in [-0.2, -0.15) is 10.5 Å². The van der Waals surface area contributed by atoms with E-state index in [0.717, 1.165) is 63.4 Å². The predicted octanol–water partition coefficient (Wildman–Crippen LogP) is 8.89. The van der Waals surface area contributed by atoms with Crippen LogP contribution in [-0.4, -0.2) is 12.1 Å². The van der Waals surface area contributed by atoms with Gasteiger partial charge in [-0.15, -0.1) is 0 Å². The Labute approximate surface area is 273 Å². The van der Waals surface area contributed by atoms with Crippen molar-refractivity contribution in [2.75, 3.05) is 9.91 Å². The Morgan fingerprint density at radius 3 is 2.68 bits per heavy atom. The topological polar surface area (TPSA) is 79.2 Å². The number of para-hydroxylation sites is 1. The molecule has 9 rings (SSSR count). The predicted molar refractivity (Wildman–Crippen MR) is 187 cm³/mol. The molecule has 1 N–H and O–H groups in total. The Hall–Kier alpha value is -5.98. The van der Waals surface area contributed by atoms with E-state index in [1.54, 1.807) is 0 Å². The van der Waals surface area contributed by atoms with E-state index in [-0.39, 0.29) is 18.0 Å². The Morgan fingerprint density at radius 1 is 0.872 bits per heavy atom. The summed E-state index contributed by atoms with van der Waals surface area (Å²) >= 11 is 0. The lowest BCUT2D eigenvalue weighted by Gasteiger charge is -2.41. The van der Waals surface area contributed by atoms with Gasteiger partial charge in [0.05, 0.1) is 41.2 Å². The number of allylic oxidation sites excluding steroid dienone is 8. The second-order valence-electron chi connectivity index (χ2n) is 12.8. The van der Waals surface area contributed by atoms with Gasteiger partial charge in [0, 0.05) is 51.4 Å². The minimum atomic E-state index is 0.0431. The highest BCUT2D eigenvalue weighted by atomic mass is 16.3. The van der Waals surface area contributed by atoms with Gasteiger partial charge in [0.25, 0.3) is 0 Å². The fourth-order valence-electron chi connectivity index (χ4n) is 7.96. The van der Waals surface area contributed by atoms with Crippen molar-refractivity contribution in [1.29, 1.82) is 10.5 Å². The molecule has 2 bridgehead atoms. The van der Waals surface area contributed by atoms with Crippen LogP contribution < -0.4 is 15.3 Å². The largest absolute Gasteiger partial charge is 0.456 e. The van der Waals surface area contributed by atoms with Crippen LogP contribution in [0.3, 0.4) is 0 Å². The summed E-state index contributed by atoms with van der Waals surface area (Å²) in [6.07, 6.45) is 19.8. The fourth-order valence-corrected chi connectivity index (χ4v) is 7.96. The first-order valence-corrected chi connectivity index (χ1v) is 16.2. The lowest BCUT2D eigenvalue weighted by atomic mass is 9.88. The fraction of sp³-hybridized carbons (Fsp3) is 0.171. The third-order valence-corrected chi connectivity index (χ3v) is 10.1. The molecule has 0 amide bonds. The zero-order chi connectivity index (χ0) is 31.6. The molecule has 0 saturated carbocycles. The summed E-state index contributed by atoms with van der Waals surface area (Å²) in [5.41, 5.74) is 16.2. The quantitative estimate of drug-likeness (QED) is 0.245. The molecule has 226 valence electrons. The molecule has 0 spiro atoms. The van der Waals surface area contributed by atoms with Crippen LogP contribution in [0, 0.1) is 28.6 Å². The van der Waals surface area contributed by atoms with E-state index < -0.39 is 0 Å². The van der Waals surface area contributed by atoms with Crippen molar-refractivity contribution in [3.63, 3.8) is 0 Å². The van der Waals surface area contributed by atoms with Gasteiger partial charge in [-0.25, -0.2) is 0 Å². The van der Waals surface area contributed by atoms with Crippen LogP contribution in [0.1, 0.15) is 47.8 Å². The molecular formula is C41H31N5O. The molecule has 0 radical (unpaired) electrons. The van der Waals surface area contributed by atoms with Crippen LogP contribution in [0.4, 0.5) is 17.1 Å². The molecule has 5 aliphatic rings. The highest BCUT2D eigenvalue weighted by Crippen LogP contribution is 2.46. The molecule has 0 saturated heterocycles. The third-order valence-electron chi connectivity index (χ3n) is 10.1. The van der Waals surface area contributed by atoms with Crippen molar-refractivity contribution in [3.05, 3.63) is 142 Å². The number of nitrogens with zero attached hydrogens (tertiary/aromatic N) is 4. The lowest BCUT2D eigenvalue weighted by Crippen LogP contribution is -2.44. The zero-order valence-electron chi connectivity index (χ0n) is 25.9. The maximum absolute atomic E-state index is 9.78. The van der Waals surface area contributed by atoms with Gasteiger partial charge >= 0.3 is 0 Å². The average molecular weight is 610 g/mol. The summed E-state index contributed by atoms with van der Waals surface area (Å²) in [6.45, 7) is 2.13. The maximum Gasteiger partial charge on any atom is 0.135 e. The molecule has 3 atom stereocenters. The minimum absolute atomic E-state index is 0.0431. The van der Waals surface area contributed by atoms with Crippen LogP contribution >= 0.6 is 0 Å². The van der Waals surface area contributed by atoms with Crippen LogP contribution in [0.5, 0.6) is 0 Å². The second-order valence-corrected chi connectivity index (χ2v) is 12.8. The molecule has 2 unspecified atom stereocenters. The van der Waals surface area contributed by atoms with Gasteiger partial charge in [0.2, 0.25) is 0 Å². The van der Waals surface area contributed by atoms with Crippen molar-refractivity contribution in [1.82, 2.24) is 5.43 Å². The molecule has 1 aromatic heterocycles. The monoisotopic (exact) mass is 609 g/mol. The Balaban J connectivity index is 1.11. The van der Waals surface area contributed by atoms with Gasteiger partial charge in [-0.3, -0.25) is 10.4 Å². The number of hydrogen-bond donors (Lipinski definition) is 1. The first kappa shape index (κ1) is 27.3. The number of benzene rings is 3. The molecule has 0 fully saturated rings. The van der Waals surface area contributed by atoms with E-state index in [2.05, 4.69) is 125 Å². The number of nitriles is 2. The Bertz CT molecular complexity index is 2280. The van der Waals surface area contributed by atoms with E-state index >= 15 is 0 Å². The third kappa shape index (κ3) is 4.30. The normalized spacial score (nSPS) is 22.1. The van der Waals surface area contributed by atoms with E-state index in [9.17, 15) is 10.5 Å². The smallest absolute Gasteiger partial charge is 0.135 e. The average Bonchev–Trinajstić information content (AvgIpc) is 3.21. The van der Waals surface area contributed by atoms with Gasteiger partial charge in [0.15, 0.2) is 0 Å². The summed E-state index contributed by atoms with van der Waals surface area (Å²) in [6, 6.07) is 26.0. The summed E-state index contributed by atoms with van der Waals surface area (Å²) in [5.74, 6) is 0.956. The van der Waals surface area contributed by atoms with Crippen molar-refractivity contribution in [2.45, 2.75) is 38.3 Å². The van der Waals surface area contributed by atoms with Crippen LogP contribution in [-0.2, 0) is 6.42 Å². The zero-order valence-corrected chi connectivity index (χ0v) is 25.9. The van der Waals surface area contributed by atoms with Crippen LogP contribution in [0.2, 0.25) is 0 Å². The maximum atomic E-state index is 9.78. The van der Waals surface area contributed by atoms with Gasteiger partial charge in [-0.05, 0) is 72.5 Å². The Morgan fingerprint density at radius 2 is 1.79 bits per heavy atom. The molecule has 6 heteroatoms. The van der Waals surface area contributed by atoms with Crippen LogP contribution in [0.25, 0.3) is 28.2 Å². The summed E-state index contributed by atoms with van der Waals surface area (Å²) in [4.78, 5) is 2.53. The molecule has 4 aromatic rings. The van der Waals surface area contributed by atoms with Crippen molar-refractivity contribution in [2.24, 2.45) is 5.92 Å². The number of nitrogens with one attached hydrogen (secondary N) is 1. The van der Waals surface area contributed by atoms with Gasteiger partial charge < -0.3 is 9.32 Å². The summed E-state index contributed by atoms with van der Waals surface area (Å²) < 4.78 is 6.42. The number of fused-ring (bicyclic) bond motifs is 8. The Kier molecular flexibility index (Phi) is 6.13. The van der Waals surface area contributed by atoms with Crippen molar-refractivity contribution < 1.29 is 4.42 Å².